The number of ether oxygens (including phenoxy) is 2. The Bertz CT molecular complexity index is 908. The Hall–Kier alpha value is -2.32. The van der Waals surface area contributed by atoms with Crippen LogP contribution in [0.5, 0.6) is 5.75 Å². The van der Waals surface area contributed by atoms with E-state index in [-0.39, 0.29) is 0 Å². The number of imidazole rings is 1. The topological polar surface area (TPSA) is 76.2 Å². The number of aromatic nitrogens is 4. The Balaban J connectivity index is 1.50. The number of morpholine rings is 1. The van der Waals surface area contributed by atoms with Crippen molar-refractivity contribution in [2.45, 2.75) is 17.8 Å². The summed E-state index contributed by atoms with van der Waals surface area (Å²) in [5.74, 6) is 2.57. The number of nitrogens with one attached hydrogen (secondary N) is 1. The average Bonchev–Trinajstić information content (AvgIpc) is 3.10. The van der Waals surface area contributed by atoms with Crippen LogP contribution in [0.15, 0.2) is 29.7 Å². The SMILES string of the molecule is COc1ccc2nc(SCc3ncnc(N4CCOCC4)c3C)[nH]c2c1. The van der Waals surface area contributed by atoms with Crippen LogP contribution in [0.3, 0.4) is 0 Å². The van der Waals surface area contributed by atoms with Crippen molar-refractivity contribution in [1.29, 1.82) is 0 Å². The molecule has 2 aromatic heterocycles. The first-order chi connectivity index (χ1) is 12.7. The number of hydrogen-bond donors (Lipinski definition) is 1. The molecule has 1 aliphatic heterocycles. The summed E-state index contributed by atoms with van der Waals surface area (Å²) in [6.45, 7) is 5.32. The van der Waals surface area contributed by atoms with E-state index >= 15 is 0 Å². The summed E-state index contributed by atoms with van der Waals surface area (Å²) < 4.78 is 10.7. The first kappa shape index (κ1) is 17.1. The van der Waals surface area contributed by atoms with Gasteiger partial charge in [0.15, 0.2) is 5.16 Å². The maximum absolute atomic E-state index is 5.43. The summed E-state index contributed by atoms with van der Waals surface area (Å²) in [4.78, 5) is 19.2. The zero-order valence-electron chi connectivity index (χ0n) is 14.9. The van der Waals surface area contributed by atoms with Gasteiger partial charge in [-0.15, -0.1) is 0 Å². The third-order valence-electron chi connectivity index (χ3n) is 4.49. The molecule has 0 unspecified atom stereocenters. The molecule has 0 aliphatic carbocycles. The van der Waals surface area contributed by atoms with Gasteiger partial charge in [-0.05, 0) is 19.1 Å². The van der Waals surface area contributed by atoms with Crippen LogP contribution in [0, 0.1) is 6.92 Å². The van der Waals surface area contributed by atoms with E-state index in [1.54, 1.807) is 25.2 Å². The Labute approximate surface area is 156 Å². The highest BCUT2D eigenvalue weighted by Crippen LogP contribution is 2.27. The minimum atomic E-state index is 0.739. The fraction of sp³-hybridized carbons (Fsp3) is 0.389. The molecular formula is C18H21N5O2S. The number of H-pyrrole nitrogens is 1. The molecule has 0 amide bonds. The second-order valence-electron chi connectivity index (χ2n) is 6.08. The molecule has 26 heavy (non-hydrogen) atoms. The van der Waals surface area contributed by atoms with Crippen molar-refractivity contribution >= 4 is 28.6 Å². The first-order valence-electron chi connectivity index (χ1n) is 8.54. The summed E-state index contributed by atoms with van der Waals surface area (Å²) in [6, 6.07) is 5.83. The molecule has 0 atom stereocenters. The van der Waals surface area contributed by atoms with E-state index in [2.05, 4.69) is 31.8 Å². The minimum Gasteiger partial charge on any atom is -0.497 e. The third kappa shape index (κ3) is 3.47. The van der Waals surface area contributed by atoms with E-state index in [0.29, 0.717) is 0 Å². The van der Waals surface area contributed by atoms with Crippen LogP contribution in [0.2, 0.25) is 0 Å². The van der Waals surface area contributed by atoms with Crippen molar-refractivity contribution in [3.8, 4) is 5.75 Å². The number of aromatic amines is 1. The lowest BCUT2D eigenvalue weighted by Gasteiger charge is -2.29. The van der Waals surface area contributed by atoms with Crippen molar-refractivity contribution in [3.05, 3.63) is 35.8 Å². The van der Waals surface area contributed by atoms with Crippen LogP contribution < -0.4 is 9.64 Å². The zero-order valence-corrected chi connectivity index (χ0v) is 15.7. The fourth-order valence-electron chi connectivity index (χ4n) is 3.01. The molecule has 3 heterocycles. The summed E-state index contributed by atoms with van der Waals surface area (Å²) in [5.41, 5.74) is 4.06. The normalized spacial score (nSPS) is 14.8. The minimum absolute atomic E-state index is 0.739. The molecule has 0 bridgehead atoms. The zero-order chi connectivity index (χ0) is 17.9. The molecule has 8 heteroatoms. The van der Waals surface area contributed by atoms with Gasteiger partial charge in [0.2, 0.25) is 0 Å². The smallest absolute Gasteiger partial charge is 0.166 e. The van der Waals surface area contributed by atoms with Crippen molar-refractivity contribution in [2.75, 3.05) is 38.3 Å². The van der Waals surface area contributed by atoms with Gasteiger partial charge in [-0.2, -0.15) is 0 Å². The van der Waals surface area contributed by atoms with E-state index in [9.17, 15) is 0 Å². The van der Waals surface area contributed by atoms with Gasteiger partial charge in [0, 0.05) is 30.5 Å². The van der Waals surface area contributed by atoms with Crippen LogP contribution in [-0.4, -0.2) is 53.3 Å². The number of rotatable bonds is 5. The molecule has 1 fully saturated rings. The highest BCUT2D eigenvalue weighted by atomic mass is 32.2. The van der Waals surface area contributed by atoms with Gasteiger partial charge >= 0.3 is 0 Å². The maximum Gasteiger partial charge on any atom is 0.166 e. The Morgan fingerprint density at radius 2 is 2.12 bits per heavy atom. The molecule has 1 aliphatic rings. The molecule has 3 aromatic rings. The number of anilines is 1. The van der Waals surface area contributed by atoms with Gasteiger partial charge in [-0.3, -0.25) is 0 Å². The molecule has 4 rings (SSSR count). The standard InChI is InChI=1S/C18H21N5O2S/c1-12-16(19-11-20-17(12)23-5-7-25-8-6-23)10-26-18-21-14-4-3-13(24-2)9-15(14)22-18/h3-4,9,11H,5-8,10H2,1-2H3,(H,21,22). The number of thioether (sulfide) groups is 1. The molecule has 1 N–H and O–H groups in total. The number of hydrogen-bond acceptors (Lipinski definition) is 7. The highest BCUT2D eigenvalue weighted by molar-refractivity contribution is 7.98. The fourth-order valence-corrected chi connectivity index (χ4v) is 3.92. The van der Waals surface area contributed by atoms with Crippen LogP contribution in [0.25, 0.3) is 11.0 Å². The van der Waals surface area contributed by atoms with Gasteiger partial charge in [0.1, 0.15) is 17.9 Å². The molecule has 1 saturated heterocycles. The average molecular weight is 371 g/mol. The number of benzene rings is 1. The largest absolute Gasteiger partial charge is 0.497 e. The van der Waals surface area contributed by atoms with Crippen molar-refractivity contribution in [1.82, 2.24) is 19.9 Å². The van der Waals surface area contributed by atoms with Crippen molar-refractivity contribution in [2.24, 2.45) is 0 Å². The van der Waals surface area contributed by atoms with Gasteiger partial charge in [-0.25, -0.2) is 15.0 Å². The Morgan fingerprint density at radius 3 is 2.92 bits per heavy atom. The van der Waals surface area contributed by atoms with Crippen molar-refractivity contribution < 1.29 is 9.47 Å². The van der Waals surface area contributed by atoms with Gasteiger partial charge < -0.3 is 19.4 Å². The first-order valence-corrected chi connectivity index (χ1v) is 9.53. The molecule has 136 valence electrons. The molecule has 7 nitrogen and oxygen atoms in total. The molecule has 1 aromatic carbocycles. The van der Waals surface area contributed by atoms with E-state index in [4.69, 9.17) is 9.47 Å². The third-order valence-corrected chi connectivity index (χ3v) is 5.37. The molecular weight excluding hydrogens is 350 g/mol. The van der Waals surface area contributed by atoms with Crippen LogP contribution >= 0.6 is 11.8 Å². The quantitative estimate of drug-likeness (QED) is 0.691. The second-order valence-corrected chi connectivity index (χ2v) is 7.05. The van der Waals surface area contributed by atoms with E-state index in [1.165, 1.54) is 0 Å². The van der Waals surface area contributed by atoms with Gasteiger partial charge in [-0.1, -0.05) is 11.8 Å². The van der Waals surface area contributed by atoms with E-state index < -0.39 is 0 Å². The monoisotopic (exact) mass is 371 g/mol. The van der Waals surface area contributed by atoms with Gasteiger partial charge in [0.05, 0.1) is 37.1 Å². The Kier molecular flexibility index (Phi) is 4.94. The Morgan fingerprint density at radius 1 is 1.27 bits per heavy atom. The van der Waals surface area contributed by atoms with Crippen molar-refractivity contribution in [3.63, 3.8) is 0 Å². The predicted molar refractivity (Wildman–Crippen MR) is 102 cm³/mol. The highest BCUT2D eigenvalue weighted by Gasteiger charge is 2.17. The molecule has 0 spiro atoms. The van der Waals surface area contributed by atoms with E-state index in [0.717, 1.165) is 71.1 Å². The summed E-state index contributed by atoms with van der Waals surface area (Å²) in [7, 11) is 1.66. The second kappa shape index (κ2) is 7.51. The number of nitrogens with zero attached hydrogens (tertiary/aromatic N) is 4. The maximum atomic E-state index is 5.43. The lowest BCUT2D eigenvalue weighted by atomic mass is 10.2. The lowest BCUT2D eigenvalue weighted by Crippen LogP contribution is -2.37. The lowest BCUT2D eigenvalue weighted by molar-refractivity contribution is 0.122. The number of fused-ring (bicyclic) bond motifs is 1. The molecule has 0 saturated carbocycles. The molecule has 0 radical (unpaired) electrons. The van der Waals surface area contributed by atoms with Crippen LogP contribution in [0.4, 0.5) is 5.82 Å². The van der Waals surface area contributed by atoms with Gasteiger partial charge in [0.25, 0.3) is 0 Å². The van der Waals surface area contributed by atoms with Crippen LogP contribution in [0.1, 0.15) is 11.3 Å². The number of methoxy groups -OCH3 is 1. The summed E-state index contributed by atoms with van der Waals surface area (Å²) >= 11 is 1.64. The van der Waals surface area contributed by atoms with Crippen LogP contribution in [-0.2, 0) is 10.5 Å². The summed E-state index contributed by atoms with van der Waals surface area (Å²) in [5, 5.41) is 0.874. The van der Waals surface area contributed by atoms with E-state index in [1.807, 2.05) is 18.2 Å². The summed E-state index contributed by atoms with van der Waals surface area (Å²) in [6.07, 6.45) is 1.65. The predicted octanol–water partition coefficient (Wildman–Crippen LogP) is 2.80.